The Morgan fingerprint density at radius 1 is 1.31 bits per heavy atom. The summed E-state index contributed by atoms with van der Waals surface area (Å²) in [6, 6.07) is 8.26. The Bertz CT molecular complexity index is 482. The number of hydrogen-bond acceptors (Lipinski definition) is 2. The fraction of sp³-hybridized carbons (Fsp3) is 0.182. The average Bonchev–Trinajstić information content (AvgIpc) is 2.64. The van der Waals surface area contributed by atoms with Crippen LogP contribution in [-0.2, 0) is 0 Å². The van der Waals surface area contributed by atoms with E-state index in [2.05, 4.69) is 9.84 Å². The van der Waals surface area contributed by atoms with Crippen LogP contribution in [0.15, 0.2) is 36.5 Å². The van der Waals surface area contributed by atoms with Crippen molar-refractivity contribution in [1.29, 1.82) is 0 Å². The summed E-state index contributed by atoms with van der Waals surface area (Å²) in [7, 11) is 0. The minimum absolute atomic E-state index is 0.127. The summed E-state index contributed by atoms with van der Waals surface area (Å²) in [6.07, 6.45) is 1.65. The summed E-state index contributed by atoms with van der Waals surface area (Å²) in [4.78, 5) is 0. The van der Waals surface area contributed by atoms with E-state index in [4.69, 9.17) is 0 Å². The van der Waals surface area contributed by atoms with Gasteiger partial charge in [0.25, 0.3) is 0 Å². The normalized spacial score (nSPS) is 10.8. The van der Waals surface area contributed by atoms with Crippen LogP contribution in [0.25, 0.3) is 5.69 Å². The molecule has 84 valence electrons. The molecule has 0 unspecified atom stereocenters. The first kappa shape index (κ1) is 10.6. The Labute approximate surface area is 91.3 Å². The average molecular weight is 224 g/mol. The van der Waals surface area contributed by atoms with E-state index < -0.39 is 6.61 Å². The first-order valence-electron chi connectivity index (χ1n) is 4.73. The van der Waals surface area contributed by atoms with Gasteiger partial charge in [0, 0.05) is 18.0 Å². The molecular weight excluding hydrogens is 214 g/mol. The van der Waals surface area contributed by atoms with Gasteiger partial charge in [0.15, 0.2) is 0 Å². The smallest absolute Gasteiger partial charge is 0.387 e. The molecular formula is C11H10F2N2O. The van der Waals surface area contributed by atoms with Gasteiger partial charge in [-0.25, -0.2) is 4.68 Å². The fourth-order valence-electron chi connectivity index (χ4n) is 1.43. The molecule has 2 aromatic rings. The van der Waals surface area contributed by atoms with Crippen LogP contribution in [0.4, 0.5) is 8.78 Å². The van der Waals surface area contributed by atoms with Gasteiger partial charge in [-0.3, -0.25) is 0 Å². The van der Waals surface area contributed by atoms with Crippen LogP contribution < -0.4 is 4.74 Å². The van der Waals surface area contributed by atoms with Crippen molar-refractivity contribution in [3.8, 4) is 11.4 Å². The van der Waals surface area contributed by atoms with E-state index in [1.165, 1.54) is 12.1 Å². The number of nitrogens with zero attached hydrogens (tertiary/aromatic N) is 2. The van der Waals surface area contributed by atoms with E-state index in [-0.39, 0.29) is 5.75 Å². The highest BCUT2D eigenvalue weighted by Crippen LogP contribution is 2.19. The maximum Gasteiger partial charge on any atom is 0.387 e. The number of hydrogen-bond donors (Lipinski definition) is 0. The van der Waals surface area contributed by atoms with Gasteiger partial charge >= 0.3 is 6.61 Å². The van der Waals surface area contributed by atoms with E-state index in [1.54, 1.807) is 23.0 Å². The highest BCUT2D eigenvalue weighted by molar-refractivity contribution is 5.39. The van der Waals surface area contributed by atoms with Crippen molar-refractivity contribution in [2.45, 2.75) is 13.5 Å². The lowest BCUT2D eigenvalue weighted by atomic mass is 10.3. The highest BCUT2D eigenvalue weighted by Gasteiger charge is 2.06. The number of rotatable bonds is 3. The lowest BCUT2D eigenvalue weighted by Crippen LogP contribution is -2.03. The molecule has 0 aliphatic rings. The van der Waals surface area contributed by atoms with Crippen LogP contribution in [0.2, 0.25) is 0 Å². The first-order chi connectivity index (χ1) is 7.66. The van der Waals surface area contributed by atoms with Gasteiger partial charge < -0.3 is 4.74 Å². The molecule has 0 bridgehead atoms. The van der Waals surface area contributed by atoms with Crippen molar-refractivity contribution < 1.29 is 13.5 Å². The van der Waals surface area contributed by atoms with Crippen molar-refractivity contribution >= 4 is 0 Å². The SMILES string of the molecule is Cc1ccnn1-c1cccc(OC(F)F)c1. The predicted molar refractivity (Wildman–Crippen MR) is 54.9 cm³/mol. The number of aromatic nitrogens is 2. The zero-order valence-electron chi connectivity index (χ0n) is 8.60. The molecule has 0 saturated heterocycles. The molecule has 1 heterocycles. The second kappa shape index (κ2) is 4.30. The molecule has 0 atom stereocenters. The maximum atomic E-state index is 12.0. The third-order valence-electron chi connectivity index (χ3n) is 2.12. The molecule has 0 aliphatic heterocycles. The lowest BCUT2D eigenvalue weighted by Gasteiger charge is -2.08. The van der Waals surface area contributed by atoms with Crippen molar-refractivity contribution in [3.05, 3.63) is 42.2 Å². The van der Waals surface area contributed by atoms with Crippen LogP contribution in [0.5, 0.6) is 5.75 Å². The minimum atomic E-state index is -2.81. The van der Waals surface area contributed by atoms with Gasteiger partial charge in [0.05, 0.1) is 5.69 Å². The van der Waals surface area contributed by atoms with Gasteiger partial charge in [-0.1, -0.05) is 6.07 Å². The third-order valence-corrected chi connectivity index (χ3v) is 2.12. The van der Waals surface area contributed by atoms with E-state index in [9.17, 15) is 8.78 Å². The number of benzene rings is 1. The summed E-state index contributed by atoms with van der Waals surface area (Å²) in [5, 5.41) is 4.08. The Hall–Kier alpha value is -1.91. The van der Waals surface area contributed by atoms with E-state index in [0.29, 0.717) is 5.69 Å². The standard InChI is InChI=1S/C11H10F2N2O/c1-8-5-6-14-15(8)9-3-2-4-10(7-9)16-11(12)13/h2-7,11H,1H3. The van der Waals surface area contributed by atoms with E-state index in [1.807, 2.05) is 13.0 Å². The Morgan fingerprint density at radius 3 is 2.75 bits per heavy atom. The number of aryl methyl sites for hydroxylation is 1. The molecule has 5 heteroatoms. The zero-order chi connectivity index (χ0) is 11.5. The Balaban J connectivity index is 2.33. The van der Waals surface area contributed by atoms with Crippen molar-refractivity contribution in [1.82, 2.24) is 9.78 Å². The van der Waals surface area contributed by atoms with E-state index in [0.717, 1.165) is 5.69 Å². The predicted octanol–water partition coefficient (Wildman–Crippen LogP) is 2.78. The molecule has 1 aromatic heterocycles. The molecule has 1 aromatic carbocycles. The third kappa shape index (κ3) is 2.18. The molecule has 0 fully saturated rings. The lowest BCUT2D eigenvalue weighted by molar-refractivity contribution is -0.0498. The molecule has 0 aliphatic carbocycles. The van der Waals surface area contributed by atoms with Crippen LogP contribution in [-0.4, -0.2) is 16.4 Å². The van der Waals surface area contributed by atoms with Gasteiger partial charge in [-0.15, -0.1) is 0 Å². The summed E-state index contributed by atoms with van der Waals surface area (Å²) >= 11 is 0. The number of halogens is 2. The van der Waals surface area contributed by atoms with Gasteiger partial charge in [-0.05, 0) is 25.1 Å². The molecule has 0 radical (unpaired) electrons. The second-order valence-electron chi connectivity index (χ2n) is 3.26. The Kier molecular flexibility index (Phi) is 2.85. The largest absolute Gasteiger partial charge is 0.435 e. The Morgan fingerprint density at radius 2 is 2.12 bits per heavy atom. The van der Waals surface area contributed by atoms with Crippen LogP contribution in [0, 0.1) is 6.92 Å². The second-order valence-corrected chi connectivity index (χ2v) is 3.26. The van der Waals surface area contributed by atoms with Crippen LogP contribution in [0.1, 0.15) is 5.69 Å². The summed E-state index contributed by atoms with van der Waals surface area (Å²) in [5.74, 6) is 0.127. The first-order valence-corrected chi connectivity index (χ1v) is 4.73. The molecule has 2 rings (SSSR count). The molecule has 0 saturated carbocycles. The van der Waals surface area contributed by atoms with Crippen molar-refractivity contribution in [2.75, 3.05) is 0 Å². The summed E-state index contributed by atoms with van der Waals surface area (Å²) in [5.41, 5.74) is 1.62. The van der Waals surface area contributed by atoms with Crippen LogP contribution >= 0.6 is 0 Å². The molecule has 0 spiro atoms. The van der Waals surface area contributed by atoms with Gasteiger partial charge in [0.2, 0.25) is 0 Å². The van der Waals surface area contributed by atoms with Crippen molar-refractivity contribution in [2.24, 2.45) is 0 Å². The number of alkyl halides is 2. The van der Waals surface area contributed by atoms with Crippen LogP contribution in [0.3, 0.4) is 0 Å². The number of ether oxygens (including phenoxy) is 1. The molecule has 16 heavy (non-hydrogen) atoms. The van der Waals surface area contributed by atoms with Gasteiger partial charge in [-0.2, -0.15) is 13.9 Å². The van der Waals surface area contributed by atoms with Gasteiger partial charge in [0.1, 0.15) is 5.75 Å². The topological polar surface area (TPSA) is 27.1 Å². The monoisotopic (exact) mass is 224 g/mol. The van der Waals surface area contributed by atoms with Crippen molar-refractivity contribution in [3.63, 3.8) is 0 Å². The fourth-order valence-corrected chi connectivity index (χ4v) is 1.43. The maximum absolute atomic E-state index is 12.0. The summed E-state index contributed by atoms with van der Waals surface area (Å²) < 4.78 is 30.0. The summed E-state index contributed by atoms with van der Waals surface area (Å²) in [6.45, 7) is -0.929. The highest BCUT2D eigenvalue weighted by atomic mass is 19.3. The molecule has 0 amide bonds. The zero-order valence-corrected chi connectivity index (χ0v) is 8.60. The molecule has 3 nitrogen and oxygen atoms in total. The van der Waals surface area contributed by atoms with E-state index >= 15 is 0 Å². The molecule has 0 N–H and O–H groups in total. The quantitative estimate of drug-likeness (QED) is 0.801. The minimum Gasteiger partial charge on any atom is -0.435 e.